The number of nitrogens with zero attached hydrogens (tertiary/aromatic N) is 1. The first-order chi connectivity index (χ1) is 10.7. The minimum atomic E-state index is -0.457. The van der Waals surface area contributed by atoms with E-state index >= 15 is 0 Å². The fourth-order valence-corrected chi connectivity index (χ4v) is 5.52. The molecule has 0 aromatic heterocycles. The van der Waals surface area contributed by atoms with Crippen LogP contribution >= 0.6 is 0 Å². The Morgan fingerprint density at radius 2 is 2.13 bits per heavy atom. The van der Waals surface area contributed by atoms with Gasteiger partial charge in [-0.2, -0.15) is 0 Å². The van der Waals surface area contributed by atoms with Gasteiger partial charge in [0.25, 0.3) is 0 Å². The van der Waals surface area contributed by atoms with E-state index in [4.69, 9.17) is 15.0 Å². The van der Waals surface area contributed by atoms with Crippen molar-refractivity contribution in [3.8, 4) is 0 Å². The van der Waals surface area contributed by atoms with Gasteiger partial charge in [0.2, 0.25) is 5.91 Å². The standard InChI is InChI=1S/C17H29BN2O3/c1-10(19)15(21)20-7-5-6-13(20)18-22-14-12-8-11(16(12,2)3)9-17(14,4)23-18/h10-14H,5-9,19H2,1-4H3/t10-,11+,12-,13-,14+,17-/m0/s1. The zero-order valence-corrected chi connectivity index (χ0v) is 14.7. The molecule has 5 fully saturated rings. The summed E-state index contributed by atoms with van der Waals surface area (Å²) in [7, 11) is -0.287. The first-order valence-corrected chi connectivity index (χ1v) is 9.13. The first-order valence-electron chi connectivity index (χ1n) is 9.13. The number of carbonyl (C=O) groups excluding carboxylic acids is 1. The highest BCUT2D eigenvalue weighted by Gasteiger charge is 2.67. The number of likely N-dealkylation sites (tertiary alicyclic amines) is 1. The summed E-state index contributed by atoms with van der Waals surface area (Å²) in [4.78, 5) is 14.3. The molecule has 2 aliphatic heterocycles. The predicted molar refractivity (Wildman–Crippen MR) is 88.5 cm³/mol. The van der Waals surface area contributed by atoms with Gasteiger partial charge in [0.05, 0.1) is 23.7 Å². The Balaban J connectivity index is 1.53. The average Bonchev–Trinajstić information content (AvgIpc) is 3.08. The molecule has 6 heteroatoms. The smallest absolute Gasteiger partial charge is 0.404 e. The Hall–Kier alpha value is -0.585. The molecule has 2 bridgehead atoms. The third-order valence-corrected chi connectivity index (χ3v) is 7.12. The van der Waals surface area contributed by atoms with Crippen molar-refractivity contribution in [1.29, 1.82) is 0 Å². The Bertz CT molecular complexity index is 526. The highest BCUT2D eigenvalue weighted by Crippen LogP contribution is 2.64. The zero-order valence-electron chi connectivity index (χ0n) is 14.7. The van der Waals surface area contributed by atoms with Gasteiger partial charge in [0, 0.05) is 6.54 Å². The van der Waals surface area contributed by atoms with Gasteiger partial charge < -0.3 is 19.9 Å². The van der Waals surface area contributed by atoms with Crippen LogP contribution in [0, 0.1) is 17.3 Å². The number of rotatable bonds is 2. The molecule has 0 unspecified atom stereocenters. The van der Waals surface area contributed by atoms with E-state index in [1.54, 1.807) is 6.92 Å². The van der Waals surface area contributed by atoms with Gasteiger partial charge in [-0.05, 0) is 56.8 Å². The highest BCUT2D eigenvalue weighted by molar-refractivity contribution is 6.48. The third kappa shape index (κ3) is 2.14. The number of hydrogen-bond donors (Lipinski definition) is 1. The van der Waals surface area contributed by atoms with Crippen molar-refractivity contribution in [1.82, 2.24) is 4.90 Å². The Labute approximate surface area is 139 Å². The molecule has 23 heavy (non-hydrogen) atoms. The van der Waals surface area contributed by atoms with Crippen LogP contribution in [-0.4, -0.2) is 48.2 Å². The molecule has 0 radical (unpaired) electrons. The second-order valence-electron chi connectivity index (χ2n) is 8.95. The van der Waals surface area contributed by atoms with E-state index in [1.807, 2.05) is 4.90 Å². The van der Waals surface area contributed by atoms with Gasteiger partial charge in [0.1, 0.15) is 0 Å². The molecule has 2 heterocycles. The Morgan fingerprint density at radius 3 is 2.78 bits per heavy atom. The molecule has 2 saturated heterocycles. The monoisotopic (exact) mass is 320 g/mol. The molecule has 0 spiro atoms. The van der Waals surface area contributed by atoms with E-state index in [0.29, 0.717) is 11.3 Å². The van der Waals surface area contributed by atoms with Crippen LogP contribution in [0.25, 0.3) is 0 Å². The van der Waals surface area contributed by atoms with Crippen LogP contribution < -0.4 is 5.73 Å². The summed E-state index contributed by atoms with van der Waals surface area (Å²) in [5.74, 6) is 1.36. The van der Waals surface area contributed by atoms with Gasteiger partial charge in [-0.1, -0.05) is 13.8 Å². The number of nitrogens with two attached hydrogens (primary N) is 1. The molecular weight excluding hydrogens is 291 g/mol. The summed E-state index contributed by atoms with van der Waals surface area (Å²) in [6.45, 7) is 9.46. The maximum atomic E-state index is 12.4. The molecule has 6 atom stereocenters. The summed E-state index contributed by atoms with van der Waals surface area (Å²) < 4.78 is 12.9. The SMILES string of the molecule is C[C@H](N)C(=O)N1CCC[C@H]1B1O[C@@H]2[C@@H]3C[C@H](C[C@]2(C)O1)C3(C)C. The number of hydrogen-bond acceptors (Lipinski definition) is 4. The van der Waals surface area contributed by atoms with Crippen molar-refractivity contribution < 1.29 is 14.1 Å². The highest BCUT2D eigenvalue weighted by atomic mass is 16.7. The molecule has 3 saturated carbocycles. The van der Waals surface area contributed by atoms with Crippen LogP contribution in [0.4, 0.5) is 0 Å². The van der Waals surface area contributed by atoms with E-state index in [1.165, 1.54) is 6.42 Å². The molecule has 3 aliphatic carbocycles. The fourth-order valence-electron chi connectivity index (χ4n) is 5.52. The van der Waals surface area contributed by atoms with E-state index < -0.39 is 6.04 Å². The molecule has 2 N–H and O–H groups in total. The summed E-state index contributed by atoms with van der Waals surface area (Å²) in [6, 6.07) is -0.457. The molecule has 1 amide bonds. The fraction of sp³-hybridized carbons (Fsp3) is 0.941. The minimum Gasteiger partial charge on any atom is -0.404 e. The van der Waals surface area contributed by atoms with Crippen LogP contribution in [0.15, 0.2) is 0 Å². The van der Waals surface area contributed by atoms with Crippen molar-refractivity contribution in [2.75, 3.05) is 6.54 Å². The van der Waals surface area contributed by atoms with Gasteiger partial charge in [0.15, 0.2) is 0 Å². The average molecular weight is 320 g/mol. The Morgan fingerprint density at radius 1 is 1.39 bits per heavy atom. The van der Waals surface area contributed by atoms with Crippen molar-refractivity contribution in [3.63, 3.8) is 0 Å². The molecular formula is C17H29BN2O3. The van der Waals surface area contributed by atoms with Crippen molar-refractivity contribution >= 4 is 13.0 Å². The lowest BCUT2D eigenvalue weighted by Crippen LogP contribution is -2.63. The summed E-state index contributed by atoms with van der Waals surface area (Å²) >= 11 is 0. The van der Waals surface area contributed by atoms with E-state index in [2.05, 4.69) is 20.8 Å². The van der Waals surface area contributed by atoms with E-state index in [0.717, 1.165) is 31.7 Å². The predicted octanol–water partition coefficient (Wildman–Crippen LogP) is 1.59. The zero-order chi connectivity index (χ0) is 16.6. The molecule has 0 aromatic rings. The molecule has 0 aromatic carbocycles. The summed E-state index contributed by atoms with van der Waals surface area (Å²) in [6.07, 6.45) is 4.46. The quantitative estimate of drug-likeness (QED) is 0.785. The largest absolute Gasteiger partial charge is 0.481 e. The third-order valence-electron chi connectivity index (χ3n) is 7.12. The normalized spacial score (nSPS) is 45.6. The van der Waals surface area contributed by atoms with Crippen LogP contribution in [0.2, 0.25) is 0 Å². The topological polar surface area (TPSA) is 64.8 Å². The lowest BCUT2D eigenvalue weighted by atomic mass is 9.45. The van der Waals surface area contributed by atoms with Gasteiger partial charge >= 0.3 is 7.12 Å². The molecule has 5 nitrogen and oxygen atoms in total. The number of amides is 1. The second kappa shape index (κ2) is 4.96. The van der Waals surface area contributed by atoms with Crippen LogP contribution in [-0.2, 0) is 14.1 Å². The van der Waals surface area contributed by atoms with Crippen molar-refractivity contribution in [3.05, 3.63) is 0 Å². The number of carbonyl (C=O) groups is 1. The van der Waals surface area contributed by atoms with Crippen LogP contribution in [0.1, 0.15) is 53.4 Å². The Kier molecular flexibility index (Phi) is 3.43. The van der Waals surface area contributed by atoms with Crippen molar-refractivity contribution in [2.45, 2.75) is 77.1 Å². The summed E-state index contributed by atoms with van der Waals surface area (Å²) in [5, 5.41) is 0. The maximum Gasteiger partial charge on any atom is 0.481 e. The molecule has 5 rings (SSSR count). The minimum absolute atomic E-state index is 0.0179. The molecule has 128 valence electrons. The van der Waals surface area contributed by atoms with Gasteiger partial charge in [-0.25, -0.2) is 0 Å². The first kappa shape index (κ1) is 15.9. The van der Waals surface area contributed by atoms with Crippen molar-refractivity contribution in [2.24, 2.45) is 23.0 Å². The van der Waals surface area contributed by atoms with E-state index in [-0.39, 0.29) is 30.7 Å². The maximum absolute atomic E-state index is 12.4. The molecule has 5 aliphatic rings. The van der Waals surface area contributed by atoms with Crippen LogP contribution in [0.3, 0.4) is 0 Å². The summed E-state index contributed by atoms with van der Waals surface area (Å²) in [5.41, 5.74) is 5.99. The lowest BCUT2D eigenvalue weighted by Gasteiger charge is -2.63. The van der Waals surface area contributed by atoms with Crippen LogP contribution in [0.5, 0.6) is 0 Å². The second-order valence-corrected chi connectivity index (χ2v) is 8.95. The lowest BCUT2D eigenvalue weighted by molar-refractivity contribution is -0.185. The van der Waals surface area contributed by atoms with Gasteiger partial charge in [-0.15, -0.1) is 0 Å². The van der Waals surface area contributed by atoms with Gasteiger partial charge in [-0.3, -0.25) is 4.79 Å². The van der Waals surface area contributed by atoms with E-state index in [9.17, 15) is 4.79 Å².